The van der Waals surface area contributed by atoms with Crippen molar-refractivity contribution in [2.45, 2.75) is 19.9 Å². The van der Waals surface area contributed by atoms with Gasteiger partial charge in [-0.2, -0.15) is 5.10 Å². The molecule has 0 aliphatic heterocycles. The van der Waals surface area contributed by atoms with Gasteiger partial charge in [0.25, 0.3) is 0 Å². The van der Waals surface area contributed by atoms with Crippen LogP contribution in [0.4, 0.5) is 5.69 Å². The van der Waals surface area contributed by atoms with E-state index >= 15 is 0 Å². The van der Waals surface area contributed by atoms with Gasteiger partial charge in [0.15, 0.2) is 0 Å². The number of rotatable bonds is 4. The molecule has 0 fully saturated rings. The van der Waals surface area contributed by atoms with E-state index < -0.39 is 0 Å². The molecule has 100 valence electrons. The van der Waals surface area contributed by atoms with Crippen molar-refractivity contribution in [3.8, 4) is 5.75 Å². The number of benzene rings is 1. The van der Waals surface area contributed by atoms with Crippen LogP contribution in [0.3, 0.4) is 0 Å². The van der Waals surface area contributed by atoms with Crippen LogP contribution in [0.5, 0.6) is 5.75 Å². The van der Waals surface area contributed by atoms with Crippen molar-refractivity contribution in [2.75, 3.05) is 5.32 Å². The number of carbonyl (C=O) groups excluding carboxylic acids is 1. The number of hydrogen-bond donors (Lipinski definition) is 2. The van der Waals surface area contributed by atoms with E-state index in [2.05, 4.69) is 10.4 Å². The van der Waals surface area contributed by atoms with Gasteiger partial charge in [-0.05, 0) is 31.2 Å². The summed E-state index contributed by atoms with van der Waals surface area (Å²) >= 11 is 5.80. The van der Waals surface area contributed by atoms with Crippen LogP contribution in [0, 0.1) is 6.92 Å². The van der Waals surface area contributed by atoms with Gasteiger partial charge in [-0.25, -0.2) is 0 Å². The lowest BCUT2D eigenvalue weighted by Gasteiger charge is -2.07. The zero-order valence-electron chi connectivity index (χ0n) is 10.4. The maximum atomic E-state index is 11.7. The smallest absolute Gasteiger partial charge is 0.226 e. The van der Waals surface area contributed by atoms with E-state index in [1.807, 2.05) is 19.2 Å². The summed E-state index contributed by atoms with van der Waals surface area (Å²) in [6, 6.07) is 6.38. The van der Waals surface area contributed by atoms with E-state index in [0.717, 1.165) is 5.69 Å². The maximum Gasteiger partial charge on any atom is 0.226 e. The molecule has 0 aliphatic carbocycles. The van der Waals surface area contributed by atoms with Gasteiger partial charge in [0.1, 0.15) is 5.75 Å². The number of aromatic hydroxyl groups is 1. The predicted octanol–water partition coefficient (Wildman–Crippen LogP) is 2.58. The van der Waals surface area contributed by atoms with Crippen molar-refractivity contribution >= 4 is 23.2 Å². The Morgan fingerprint density at radius 2 is 2.26 bits per heavy atom. The number of carbonyl (C=O) groups is 1. The third-order valence-corrected chi connectivity index (χ3v) is 2.81. The Bertz CT molecular complexity index is 595. The number of hydrogen-bond acceptors (Lipinski definition) is 3. The molecule has 19 heavy (non-hydrogen) atoms. The van der Waals surface area contributed by atoms with Crippen LogP contribution in [0.2, 0.25) is 5.02 Å². The highest BCUT2D eigenvalue weighted by molar-refractivity contribution is 6.31. The average molecular weight is 280 g/mol. The fourth-order valence-corrected chi connectivity index (χ4v) is 1.80. The fraction of sp³-hybridized carbons (Fsp3) is 0.231. The monoisotopic (exact) mass is 279 g/mol. The van der Waals surface area contributed by atoms with Gasteiger partial charge in [0, 0.05) is 24.2 Å². The molecule has 1 heterocycles. The van der Waals surface area contributed by atoms with Gasteiger partial charge < -0.3 is 10.4 Å². The highest BCUT2D eigenvalue weighted by Crippen LogP contribution is 2.26. The van der Waals surface area contributed by atoms with Crippen LogP contribution >= 0.6 is 11.6 Å². The zero-order chi connectivity index (χ0) is 13.8. The molecule has 1 amide bonds. The second kappa shape index (κ2) is 5.75. The molecule has 0 saturated carbocycles. The molecule has 2 N–H and O–H groups in total. The van der Waals surface area contributed by atoms with E-state index in [1.54, 1.807) is 10.7 Å². The van der Waals surface area contributed by atoms with Crippen LogP contribution < -0.4 is 5.32 Å². The van der Waals surface area contributed by atoms with Crippen molar-refractivity contribution in [3.63, 3.8) is 0 Å². The molecule has 0 aliphatic rings. The van der Waals surface area contributed by atoms with Crippen molar-refractivity contribution in [2.24, 2.45) is 0 Å². The van der Waals surface area contributed by atoms with Crippen LogP contribution in [0.15, 0.2) is 30.5 Å². The molecule has 2 rings (SSSR count). The number of anilines is 1. The van der Waals surface area contributed by atoms with Gasteiger partial charge in [0.05, 0.1) is 11.4 Å². The Balaban J connectivity index is 1.92. The minimum absolute atomic E-state index is 0.00677. The molecule has 1 aromatic heterocycles. The van der Waals surface area contributed by atoms with Crippen molar-refractivity contribution in [1.82, 2.24) is 9.78 Å². The summed E-state index contributed by atoms with van der Waals surface area (Å²) in [7, 11) is 0. The van der Waals surface area contributed by atoms with E-state index in [4.69, 9.17) is 11.6 Å². The van der Waals surface area contributed by atoms with Crippen molar-refractivity contribution in [3.05, 3.63) is 41.2 Å². The number of aromatic nitrogens is 2. The summed E-state index contributed by atoms with van der Waals surface area (Å²) in [5, 5.41) is 16.8. The number of halogens is 1. The largest absolute Gasteiger partial charge is 0.506 e. The molecule has 0 bridgehead atoms. The molecule has 0 saturated heterocycles. The summed E-state index contributed by atoms with van der Waals surface area (Å²) < 4.78 is 1.70. The highest BCUT2D eigenvalue weighted by atomic mass is 35.5. The fourth-order valence-electron chi connectivity index (χ4n) is 1.62. The number of nitrogens with zero attached hydrogens (tertiary/aromatic N) is 2. The van der Waals surface area contributed by atoms with E-state index in [-0.39, 0.29) is 18.1 Å². The SMILES string of the molecule is Cc1ccn(CCC(=O)Nc2cc(Cl)ccc2O)n1. The van der Waals surface area contributed by atoms with Gasteiger partial charge in [-0.1, -0.05) is 11.6 Å². The summed E-state index contributed by atoms with van der Waals surface area (Å²) in [5.41, 5.74) is 1.22. The molecule has 5 nitrogen and oxygen atoms in total. The first-order valence-electron chi connectivity index (χ1n) is 5.83. The van der Waals surface area contributed by atoms with Gasteiger partial charge >= 0.3 is 0 Å². The minimum atomic E-state index is -0.203. The zero-order valence-corrected chi connectivity index (χ0v) is 11.2. The lowest BCUT2D eigenvalue weighted by Crippen LogP contribution is -2.14. The molecule has 0 atom stereocenters. The van der Waals surface area contributed by atoms with E-state index in [0.29, 0.717) is 17.3 Å². The molecule has 0 radical (unpaired) electrons. The van der Waals surface area contributed by atoms with Gasteiger partial charge in [0.2, 0.25) is 5.91 Å². The Hall–Kier alpha value is -2.01. The molecule has 6 heteroatoms. The Morgan fingerprint density at radius 1 is 1.47 bits per heavy atom. The topological polar surface area (TPSA) is 67.2 Å². The summed E-state index contributed by atoms with van der Waals surface area (Å²) in [4.78, 5) is 11.7. The lowest BCUT2D eigenvalue weighted by molar-refractivity contribution is -0.116. The molecule has 1 aromatic carbocycles. The van der Waals surface area contributed by atoms with Crippen LogP contribution in [-0.2, 0) is 11.3 Å². The maximum absolute atomic E-state index is 11.7. The van der Waals surface area contributed by atoms with E-state index in [1.165, 1.54) is 12.1 Å². The molecular weight excluding hydrogens is 266 g/mol. The Labute approximate surface area is 115 Å². The standard InChI is InChI=1S/C13H14ClN3O2/c1-9-4-6-17(16-9)7-5-13(19)15-11-8-10(14)2-3-12(11)18/h2-4,6,8,18H,5,7H2,1H3,(H,15,19). The predicted molar refractivity (Wildman–Crippen MR) is 73.3 cm³/mol. The number of phenolic OH excluding ortho intramolecular Hbond substituents is 1. The van der Waals surface area contributed by atoms with Crippen LogP contribution in [0.1, 0.15) is 12.1 Å². The second-order valence-electron chi connectivity index (χ2n) is 4.18. The third kappa shape index (κ3) is 3.72. The number of amides is 1. The average Bonchev–Trinajstić information content (AvgIpc) is 2.77. The summed E-state index contributed by atoms with van der Waals surface area (Å²) in [6.45, 7) is 2.38. The Morgan fingerprint density at radius 3 is 2.95 bits per heavy atom. The van der Waals surface area contributed by atoms with Crippen LogP contribution in [0.25, 0.3) is 0 Å². The van der Waals surface area contributed by atoms with Gasteiger partial charge in [-0.3, -0.25) is 9.48 Å². The highest BCUT2D eigenvalue weighted by Gasteiger charge is 2.07. The molecule has 0 unspecified atom stereocenters. The first-order chi connectivity index (χ1) is 9.04. The normalized spacial score (nSPS) is 10.4. The molecule has 2 aromatic rings. The third-order valence-electron chi connectivity index (χ3n) is 2.57. The first-order valence-corrected chi connectivity index (χ1v) is 6.21. The van der Waals surface area contributed by atoms with E-state index in [9.17, 15) is 9.90 Å². The molecule has 0 spiro atoms. The Kier molecular flexibility index (Phi) is 4.06. The number of aryl methyl sites for hydroxylation is 2. The summed E-state index contributed by atoms with van der Waals surface area (Å²) in [5.74, 6) is -0.210. The minimum Gasteiger partial charge on any atom is -0.506 e. The summed E-state index contributed by atoms with van der Waals surface area (Å²) in [6.07, 6.45) is 2.09. The number of phenols is 1. The van der Waals surface area contributed by atoms with Gasteiger partial charge in [-0.15, -0.1) is 0 Å². The quantitative estimate of drug-likeness (QED) is 0.845. The van der Waals surface area contributed by atoms with Crippen LogP contribution in [-0.4, -0.2) is 20.8 Å². The number of nitrogens with one attached hydrogen (secondary N) is 1. The lowest BCUT2D eigenvalue weighted by atomic mass is 10.3. The second-order valence-corrected chi connectivity index (χ2v) is 4.62. The van der Waals surface area contributed by atoms with Crippen molar-refractivity contribution in [1.29, 1.82) is 0 Å². The first kappa shape index (κ1) is 13.4. The van der Waals surface area contributed by atoms with Crippen molar-refractivity contribution < 1.29 is 9.90 Å². The molecular formula is C13H14ClN3O2.